The molecule has 0 radical (unpaired) electrons. The van der Waals surface area contributed by atoms with Crippen LogP contribution in [0.5, 0.6) is 0 Å². The Morgan fingerprint density at radius 3 is 2.46 bits per heavy atom. The zero-order valence-corrected chi connectivity index (χ0v) is 15.9. The van der Waals surface area contributed by atoms with Gasteiger partial charge in [-0.3, -0.25) is 4.79 Å². The van der Waals surface area contributed by atoms with Gasteiger partial charge in [0, 0.05) is 17.5 Å². The van der Waals surface area contributed by atoms with Crippen molar-refractivity contribution in [1.82, 2.24) is 10.6 Å². The van der Waals surface area contributed by atoms with Crippen LogP contribution < -0.4 is 16.0 Å². The molecular formula is C19H21Cl2N3O2. The molecule has 2 rings (SSSR count). The number of hydrogen-bond acceptors (Lipinski definition) is 2. The number of rotatable bonds is 7. The minimum absolute atomic E-state index is 0.170. The average molecular weight is 394 g/mol. The van der Waals surface area contributed by atoms with Gasteiger partial charge >= 0.3 is 6.03 Å². The Morgan fingerprint density at radius 1 is 1.04 bits per heavy atom. The van der Waals surface area contributed by atoms with Crippen LogP contribution in [0.2, 0.25) is 10.0 Å². The zero-order valence-electron chi connectivity index (χ0n) is 14.4. The molecule has 3 amide bonds. The fourth-order valence-corrected chi connectivity index (χ4v) is 2.79. The lowest BCUT2D eigenvalue weighted by Gasteiger charge is -2.16. The van der Waals surface area contributed by atoms with Crippen LogP contribution in [-0.2, 0) is 4.79 Å². The average Bonchev–Trinajstić information content (AvgIpc) is 2.64. The fourth-order valence-electron chi connectivity index (χ4n) is 2.45. The van der Waals surface area contributed by atoms with E-state index >= 15 is 0 Å². The van der Waals surface area contributed by atoms with Crippen molar-refractivity contribution in [3.63, 3.8) is 0 Å². The van der Waals surface area contributed by atoms with E-state index in [-0.39, 0.29) is 18.4 Å². The third-order valence-corrected chi connectivity index (χ3v) is 4.45. The van der Waals surface area contributed by atoms with E-state index in [2.05, 4.69) is 22.9 Å². The molecule has 0 aliphatic heterocycles. The molecule has 0 saturated carbocycles. The quantitative estimate of drug-likeness (QED) is 0.651. The summed E-state index contributed by atoms with van der Waals surface area (Å²) in [6, 6.07) is 14.4. The summed E-state index contributed by atoms with van der Waals surface area (Å²) in [4.78, 5) is 23.9. The molecule has 5 nitrogen and oxygen atoms in total. The van der Waals surface area contributed by atoms with E-state index in [9.17, 15) is 9.59 Å². The van der Waals surface area contributed by atoms with E-state index in [0.29, 0.717) is 22.3 Å². The SMILES string of the molecule is CCC(CNC(=O)NCC(=O)Nc1cc(Cl)ccc1Cl)c1ccccc1. The first-order valence-electron chi connectivity index (χ1n) is 8.31. The Bertz CT molecular complexity index is 754. The van der Waals surface area contributed by atoms with Gasteiger partial charge in [-0.2, -0.15) is 0 Å². The molecule has 0 spiro atoms. The molecule has 0 fully saturated rings. The lowest BCUT2D eigenvalue weighted by molar-refractivity contribution is -0.115. The molecule has 2 aromatic rings. The van der Waals surface area contributed by atoms with Crippen molar-refractivity contribution in [2.45, 2.75) is 19.3 Å². The molecule has 0 aliphatic rings. The maximum atomic E-state index is 11.9. The van der Waals surface area contributed by atoms with Crippen molar-refractivity contribution in [2.75, 3.05) is 18.4 Å². The van der Waals surface area contributed by atoms with Gasteiger partial charge in [0.15, 0.2) is 0 Å². The second-order valence-electron chi connectivity index (χ2n) is 5.75. The fraction of sp³-hybridized carbons (Fsp3) is 0.263. The van der Waals surface area contributed by atoms with Gasteiger partial charge in [-0.25, -0.2) is 4.79 Å². The summed E-state index contributed by atoms with van der Waals surface area (Å²) >= 11 is 11.9. The van der Waals surface area contributed by atoms with Gasteiger partial charge in [0.05, 0.1) is 17.3 Å². The van der Waals surface area contributed by atoms with Crippen LogP contribution in [0.25, 0.3) is 0 Å². The lowest BCUT2D eigenvalue weighted by Crippen LogP contribution is -2.41. The van der Waals surface area contributed by atoms with Crippen molar-refractivity contribution in [3.05, 3.63) is 64.1 Å². The van der Waals surface area contributed by atoms with Gasteiger partial charge in [-0.15, -0.1) is 0 Å². The summed E-state index contributed by atoms with van der Waals surface area (Å²) in [6.45, 7) is 2.39. The summed E-state index contributed by atoms with van der Waals surface area (Å²) in [5.41, 5.74) is 1.57. The molecule has 1 unspecified atom stereocenters. The summed E-state index contributed by atoms with van der Waals surface area (Å²) in [5, 5.41) is 8.77. The number of benzene rings is 2. The van der Waals surface area contributed by atoms with E-state index in [1.165, 1.54) is 5.56 Å². The Labute approximate surface area is 163 Å². The zero-order chi connectivity index (χ0) is 18.9. The molecule has 2 aromatic carbocycles. The van der Waals surface area contributed by atoms with Gasteiger partial charge < -0.3 is 16.0 Å². The molecular weight excluding hydrogens is 373 g/mol. The molecule has 0 saturated heterocycles. The Balaban J connectivity index is 1.77. The minimum Gasteiger partial charge on any atom is -0.338 e. The van der Waals surface area contributed by atoms with Crippen LogP contribution in [0.4, 0.5) is 10.5 Å². The summed E-state index contributed by atoms with van der Waals surface area (Å²) in [7, 11) is 0. The number of carbonyl (C=O) groups is 2. The van der Waals surface area contributed by atoms with Crippen LogP contribution >= 0.6 is 23.2 Å². The number of halogens is 2. The number of anilines is 1. The topological polar surface area (TPSA) is 70.2 Å². The monoisotopic (exact) mass is 393 g/mol. The van der Waals surface area contributed by atoms with Crippen molar-refractivity contribution in [3.8, 4) is 0 Å². The molecule has 0 bridgehead atoms. The first-order valence-corrected chi connectivity index (χ1v) is 9.06. The molecule has 0 aliphatic carbocycles. The third kappa shape index (κ3) is 6.24. The highest BCUT2D eigenvalue weighted by molar-refractivity contribution is 6.35. The van der Waals surface area contributed by atoms with E-state index in [4.69, 9.17) is 23.2 Å². The number of urea groups is 1. The van der Waals surface area contributed by atoms with E-state index in [1.807, 2.05) is 30.3 Å². The second kappa shape index (κ2) is 10.0. The van der Waals surface area contributed by atoms with Crippen LogP contribution in [0.3, 0.4) is 0 Å². The second-order valence-corrected chi connectivity index (χ2v) is 6.60. The van der Waals surface area contributed by atoms with Gasteiger partial charge in [-0.05, 0) is 30.2 Å². The van der Waals surface area contributed by atoms with Crippen LogP contribution in [-0.4, -0.2) is 25.0 Å². The summed E-state index contributed by atoms with van der Waals surface area (Å²) in [5.74, 6) is -0.166. The number of carbonyl (C=O) groups excluding carboxylic acids is 2. The molecule has 7 heteroatoms. The molecule has 1 atom stereocenters. The molecule has 138 valence electrons. The molecule has 26 heavy (non-hydrogen) atoms. The summed E-state index contributed by atoms with van der Waals surface area (Å²) < 4.78 is 0. The van der Waals surface area contributed by atoms with Crippen molar-refractivity contribution >= 4 is 40.8 Å². The minimum atomic E-state index is -0.397. The normalized spacial score (nSPS) is 11.5. The summed E-state index contributed by atoms with van der Waals surface area (Å²) in [6.07, 6.45) is 0.901. The molecule has 0 aromatic heterocycles. The van der Waals surface area contributed by atoms with Gasteiger partial charge in [0.2, 0.25) is 5.91 Å². The van der Waals surface area contributed by atoms with Crippen LogP contribution in [0, 0.1) is 0 Å². The van der Waals surface area contributed by atoms with Gasteiger partial charge in [0.25, 0.3) is 0 Å². The maximum absolute atomic E-state index is 11.9. The predicted octanol–water partition coefficient (Wildman–Crippen LogP) is 4.42. The highest BCUT2D eigenvalue weighted by atomic mass is 35.5. The smallest absolute Gasteiger partial charge is 0.315 e. The lowest BCUT2D eigenvalue weighted by atomic mass is 9.97. The molecule has 3 N–H and O–H groups in total. The highest BCUT2D eigenvalue weighted by Gasteiger charge is 2.12. The highest BCUT2D eigenvalue weighted by Crippen LogP contribution is 2.25. The Kier molecular flexibility index (Phi) is 7.75. The number of nitrogens with one attached hydrogen (secondary N) is 3. The third-order valence-electron chi connectivity index (χ3n) is 3.88. The first-order chi connectivity index (χ1) is 12.5. The predicted molar refractivity (Wildman–Crippen MR) is 106 cm³/mol. The van der Waals surface area contributed by atoms with Crippen LogP contribution in [0.1, 0.15) is 24.8 Å². The Hall–Kier alpha value is -2.24. The standard InChI is InChI=1S/C19H21Cl2N3O2/c1-2-13(14-6-4-3-5-7-14)11-22-19(26)23-12-18(25)24-17-10-15(20)8-9-16(17)21/h3-10,13H,2,11-12H2,1H3,(H,24,25)(H2,22,23,26). The van der Waals surface area contributed by atoms with Gasteiger partial charge in [0.1, 0.15) is 0 Å². The van der Waals surface area contributed by atoms with E-state index < -0.39 is 6.03 Å². The van der Waals surface area contributed by atoms with Crippen molar-refractivity contribution < 1.29 is 9.59 Å². The number of amides is 3. The van der Waals surface area contributed by atoms with Crippen molar-refractivity contribution in [2.24, 2.45) is 0 Å². The first kappa shape index (κ1) is 20.1. The van der Waals surface area contributed by atoms with Crippen LogP contribution in [0.15, 0.2) is 48.5 Å². The number of hydrogen-bond donors (Lipinski definition) is 3. The van der Waals surface area contributed by atoms with Gasteiger partial charge in [-0.1, -0.05) is 60.5 Å². The van der Waals surface area contributed by atoms with Crippen molar-refractivity contribution in [1.29, 1.82) is 0 Å². The molecule has 0 heterocycles. The van der Waals surface area contributed by atoms with E-state index in [1.54, 1.807) is 18.2 Å². The maximum Gasteiger partial charge on any atom is 0.315 e. The Morgan fingerprint density at radius 2 is 1.77 bits per heavy atom. The largest absolute Gasteiger partial charge is 0.338 e. The van der Waals surface area contributed by atoms with E-state index in [0.717, 1.165) is 6.42 Å².